The Kier molecular flexibility index (Phi) is 3.60. The number of nitrogens with zero attached hydrogens (tertiary/aromatic N) is 3. The van der Waals surface area contributed by atoms with Crippen LogP contribution in [0.3, 0.4) is 0 Å². The molecule has 1 heterocycles. The van der Waals surface area contributed by atoms with E-state index in [1.807, 2.05) is 13.8 Å². The molecule has 0 saturated heterocycles. The normalized spacial score (nSPS) is 10.5. The van der Waals surface area contributed by atoms with E-state index >= 15 is 0 Å². The van der Waals surface area contributed by atoms with Crippen molar-refractivity contribution in [2.75, 3.05) is 7.11 Å². The zero-order valence-corrected chi connectivity index (χ0v) is 9.34. The van der Waals surface area contributed by atoms with Gasteiger partial charge in [0.1, 0.15) is 0 Å². The molecule has 0 radical (unpaired) electrons. The van der Waals surface area contributed by atoms with E-state index in [-0.39, 0.29) is 18.3 Å². The summed E-state index contributed by atoms with van der Waals surface area (Å²) in [5, 5.41) is 14.3. The van der Waals surface area contributed by atoms with Gasteiger partial charge in [-0.25, -0.2) is 4.79 Å². The number of hydrogen-bond donors (Lipinski definition) is 0. The second-order valence-corrected chi connectivity index (χ2v) is 3.57. The number of carbonyl (C=O) groups is 1. The number of ether oxygens (including phenoxy) is 1. The molecule has 7 nitrogen and oxygen atoms in total. The molecule has 0 atom stereocenters. The lowest BCUT2D eigenvalue weighted by Crippen LogP contribution is -2.15. The summed E-state index contributed by atoms with van der Waals surface area (Å²) in [5.41, 5.74) is 0.636. The van der Waals surface area contributed by atoms with Crippen LogP contribution >= 0.6 is 0 Å². The Morgan fingerprint density at radius 2 is 2.31 bits per heavy atom. The predicted molar refractivity (Wildman–Crippen MR) is 55.0 cm³/mol. The third kappa shape index (κ3) is 2.56. The predicted octanol–water partition coefficient (Wildman–Crippen LogP) is 1.09. The van der Waals surface area contributed by atoms with Crippen molar-refractivity contribution < 1.29 is 14.5 Å². The van der Waals surface area contributed by atoms with Crippen LogP contribution in [-0.2, 0) is 16.1 Å². The summed E-state index contributed by atoms with van der Waals surface area (Å²) in [5.74, 6) is -0.696. The molecule has 0 spiro atoms. The highest BCUT2D eigenvalue weighted by molar-refractivity contribution is 5.69. The average molecular weight is 227 g/mol. The van der Waals surface area contributed by atoms with Crippen molar-refractivity contribution in [1.29, 1.82) is 0 Å². The molecule has 88 valence electrons. The van der Waals surface area contributed by atoms with Crippen molar-refractivity contribution in [3.8, 4) is 0 Å². The van der Waals surface area contributed by atoms with E-state index in [0.29, 0.717) is 5.69 Å². The van der Waals surface area contributed by atoms with E-state index in [1.165, 1.54) is 17.9 Å². The number of esters is 1. The highest BCUT2D eigenvalue weighted by Crippen LogP contribution is 2.19. The Morgan fingerprint density at radius 1 is 1.69 bits per heavy atom. The molecule has 1 rings (SSSR count). The first-order valence-corrected chi connectivity index (χ1v) is 4.74. The molecular weight excluding hydrogens is 214 g/mol. The summed E-state index contributed by atoms with van der Waals surface area (Å²) in [6.07, 6.45) is 0. The quantitative estimate of drug-likeness (QED) is 0.436. The lowest BCUT2D eigenvalue weighted by atomic mass is 10.1. The average Bonchev–Trinajstić information content (AvgIpc) is 2.61. The van der Waals surface area contributed by atoms with E-state index in [0.717, 1.165) is 0 Å². The zero-order chi connectivity index (χ0) is 12.3. The second kappa shape index (κ2) is 4.73. The maximum Gasteiger partial charge on any atom is 0.390 e. The summed E-state index contributed by atoms with van der Waals surface area (Å²) in [7, 11) is 1.26. The second-order valence-electron chi connectivity index (χ2n) is 3.57. The van der Waals surface area contributed by atoms with Crippen LogP contribution in [0, 0.1) is 10.1 Å². The van der Waals surface area contributed by atoms with Crippen LogP contribution in [0.1, 0.15) is 25.5 Å². The number of nitro groups is 1. The van der Waals surface area contributed by atoms with Crippen LogP contribution in [0.4, 0.5) is 5.82 Å². The lowest BCUT2D eigenvalue weighted by molar-refractivity contribution is -0.389. The summed E-state index contributed by atoms with van der Waals surface area (Å²) >= 11 is 0. The lowest BCUT2D eigenvalue weighted by Gasteiger charge is -2.04. The Morgan fingerprint density at radius 3 is 2.75 bits per heavy atom. The number of carbonyl (C=O) groups excluding carboxylic acids is 1. The summed E-state index contributed by atoms with van der Waals surface area (Å²) < 4.78 is 5.79. The molecular formula is C9H13N3O4. The van der Waals surface area contributed by atoms with Gasteiger partial charge in [0, 0.05) is 0 Å². The minimum atomic E-state index is -0.584. The van der Waals surface area contributed by atoms with Gasteiger partial charge in [0.15, 0.2) is 6.54 Å². The van der Waals surface area contributed by atoms with E-state index in [1.54, 1.807) is 0 Å². The van der Waals surface area contributed by atoms with Crippen molar-refractivity contribution in [3.63, 3.8) is 0 Å². The Labute approximate surface area is 92.2 Å². The maximum absolute atomic E-state index is 11.1. The van der Waals surface area contributed by atoms with Crippen molar-refractivity contribution in [2.24, 2.45) is 0 Å². The molecule has 1 aromatic rings. The number of aromatic nitrogens is 2. The molecule has 0 fully saturated rings. The minimum absolute atomic E-state index is 0.0471. The molecule has 0 aromatic carbocycles. The molecule has 0 bridgehead atoms. The Hall–Kier alpha value is -1.92. The Balaban J connectivity index is 3.05. The number of hydrogen-bond acceptors (Lipinski definition) is 5. The molecule has 1 aromatic heterocycles. The Bertz CT molecular complexity index is 411. The molecule has 0 aliphatic heterocycles. The van der Waals surface area contributed by atoms with Crippen LogP contribution in [0.2, 0.25) is 0 Å². The topological polar surface area (TPSA) is 87.3 Å². The first-order valence-electron chi connectivity index (χ1n) is 4.74. The third-order valence-electron chi connectivity index (χ3n) is 2.08. The largest absolute Gasteiger partial charge is 0.468 e. The van der Waals surface area contributed by atoms with Gasteiger partial charge in [0.2, 0.25) is 0 Å². The van der Waals surface area contributed by atoms with E-state index in [9.17, 15) is 14.9 Å². The van der Waals surface area contributed by atoms with Gasteiger partial charge in [-0.1, -0.05) is 13.8 Å². The first kappa shape index (κ1) is 12.2. The maximum atomic E-state index is 11.1. The molecule has 7 heteroatoms. The van der Waals surface area contributed by atoms with Gasteiger partial charge in [-0.15, -0.1) is 0 Å². The highest BCUT2D eigenvalue weighted by atomic mass is 16.6. The van der Waals surface area contributed by atoms with Gasteiger partial charge in [0.05, 0.1) is 24.0 Å². The van der Waals surface area contributed by atoms with Crippen molar-refractivity contribution in [3.05, 3.63) is 21.9 Å². The number of rotatable bonds is 4. The van der Waals surface area contributed by atoms with Crippen molar-refractivity contribution in [1.82, 2.24) is 9.78 Å². The smallest absolute Gasteiger partial charge is 0.390 e. The van der Waals surface area contributed by atoms with Gasteiger partial charge >= 0.3 is 11.8 Å². The van der Waals surface area contributed by atoms with E-state index < -0.39 is 10.9 Å². The molecule has 16 heavy (non-hydrogen) atoms. The highest BCUT2D eigenvalue weighted by Gasteiger charge is 2.21. The summed E-state index contributed by atoms with van der Waals surface area (Å²) in [6.45, 7) is 3.63. The summed E-state index contributed by atoms with van der Waals surface area (Å²) in [6, 6.07) is 1.37. The SMILES string of the molecule is COC(=O)Cn1nc([N+](=O)[O-])cc1C(C)C. The van der Waals surface area contributed by atoms with Gasteiger partial charge in [-0.3, -0.25) is 0 Å². The van der Waals surface area contributed by atoms with Crippen LogP contribution < -0.4 is 0 Å². The fourth-order valence-corrected chi connectivity index (χ4v) is 1.28. The monoisotopic (exact) mass is 227 g/mol. The first-order chi connectivity index (χ1) is 7.45. The molecule has 0 saturated carbocycles. The molecule has 0 N–H and O–H groups in total. The van der Waals surface area contributed by atoms with Crippen LogP contribution in [-0.4, -0.2) is 27.8 Å². The van der Waals surface area contributed by atoms with Gasteiger partial charge in [-0.05, 0) is 10.8 Å². The standard InChI is InChI=1S/C9H13N3O4/c1-6(2)7-4-8(12(14)15)10-11(7)5-9(13)16-3/h4,6H,5H2,1-3H3. The molecule has 0 aliphatic carbocycles. The molecule has 0 aliphatic rings. The van der Waals surface area contributed by atoms with Crippen molar-refractivity contribution in [2.45, 2.75) is 26.3 Å². The minimum Gasteiger partial charge on any atom is -0.468 e. The van der Waals surface area contributed by atoms with E-state index in [4.69, 9.17) is 0 Å². The van der Waals surface area contributed by atoms with Gasteiger partial charge < -0.3 is 14.9 Å². The fourth-order valence-electron chi connectivity index (χ4n) is 1.28. The van der Waals surface area contributed by atoms with Gasteiger partial charge in [-0.2, -0.15) is 4.68 Å². The van der Waals surface area contributed by atoms with Crippen LogP contribution in [0.15, 0.2) is 6.07 Å². The van der Waals surface area contributed by atoms with Crippen LogP contribution in [0.5, 0.6) is 0 Å². The van der Waals surface area contributed by atoms with Crippen LogP contribution in [0.25, 0.3) is 0 Å². The molecule has 0 unspecified atom stereocenters. The van der Waals surface area contributed by atoms with Crippen molar-refractivity contribution >= 4 is 11.8 Å². The number of methoxy groups -OCH3 is 1. The zero-order valence-electron chi connectivity index (χ0n) is 9.34. The fraction of sp³-hybridized carbons (Fsp3) is 0.556. The van der Waals surface area contributed by atoms with E-state index in [2.05, 4.69) is 9.84 Å². The molecule has 0 amide bonds. The summed E-state index contributed by atoms with van der Waals surface area (Å²) in [4.78, 5) is 21.1. The third-order valence-corrected chi connectivity index (χ3v) is 2.08. The van der Waals surface area contributed by atoms with Gasteiger partial charge in [0.25, 0.3) is 0 Å².